The molecular formula is C14H24N2O3S. The van der Waals surface area contributed by atoms with Crippen LogP contribution in [0.1, 0.15) is 39.3 Å². The van der Waals surface area contributed by atoms with Crippen LogP contribution in [0.5, 0.6) is 0 Å². The van der Waals surface area contributed by atoms with Crippen molar-refractivity contribution in [1.82, 2.24) is 4.72 Å². The smallest absolute Gasteiger partial charge is 0.240 e. The molecule has 0 heterocycles. The first-order chi connectivity index (χ1) is 9.18. The summed E-state index contributed by atoms with van der Waals surface area (Å²) in [6, 6.07) is 6.47. The lowest BCUT2D eigenvalue weighted by Gasteiger charge is -2.24. The normalized spacial score (nSPS) is 14.2. The summed E-state index contributed by atoms with van der Waals surface area (Å²) in [5.74, 6) is 0. The lowest BCUT2D eigenvalue weighted by molar-refractivity contribution is -0.00515. The molecule has 20 heavy (non-hydrogen) atoms. The van der Waals surface area contributed by atoms with E-state index in [2.05, 4.69) is 4.72 Å². The average molecular weight is 300 g/mol. The van der Waals surface area contributed by atoms with Gasteiger partial charge in [-0.05, 0) is 45.4 Å². The van der Waals surface area contributed by atoms with Gasteiger partial charge in [-0.25, -0.2) is 13.1 Å². The van der Waals surface area contributed by atoms with Crippen LogP contribution in [0.3, 0.4) is 0 Å². The molecule has 0 spiro atoms. The highest BCUT2D eigenvalue weighted by atomic mass is 32.2. The summed E-state index contributed by atoms with van der Waals surface area (Å²) in [4.78, 5) is 0.231. The average Bonchev–Trinajstić information content (AvgIpc) is 2.37. The third-order valence-corrected chi connectivity index (χ3v) is 4.36. The molecule has 5 nitrogen and oxygen atoms in total. The summed E-state index contributed by atoms with van der Waals surface area (Å²) in [6.45, 7) is 8.18. The van der Waals surface area contributed by atoms with Crippen LogP contribution in [0.15, 0.2) is 29.2 Å². The molecule has 0 aromatic heterocycles. The first-order valence-electron chi connectivity index (χ1n) is 6.67. The Bertz CT molecular complexity index is 522. The number of nitrogens with one attached hydrogen (secondary N) is 1. The highest BCUT2D eigenvalue weighted by Gasteiger charge is 2.22. The van der Waals surface area contributed by atoms with Gasteiger partial charge in [-0.3, -0.25) is 0 Å². The molecule has 0 aliphatic heterocycles. The lowest BCUT2D eigenvalue weighted by atomic mass is 10.1. The number of sulfonamides is 1. The maximum Gasteiger partial charge on any atom is 0.240 e. The number of hydrogen-bond donors (Lipinski definition) is 2. The molecule has 6 heteroatoms. The fourth-order valence-electron chi connectivity index (χ4n) is 1.74. The summed E-state index contributed by atoms with van der Waals surface area (Å²) in [6.07, 6.45) is 0. The van der Waals surface area contributed by atoms with Crippen molar-refractivity contribution >= 4 is 10.0 Å². The quantitative estimate of drug-likeness (QED) is 0.804. The lowest BCUT2D eigenvalue weighted by Crippen LogP contribution is -2.40. The van der Waals surface area contributed by atoms with Gasteiger partial charge in [0.25, 0.3) is 0 Å². The number of nitrogens with two attached hydrogens (primary N) is 1. The number of rotatable bonds is 7. The molecule has 0 aliphatic carbocycles. The van der Waals surface area contributed by atoms with Gasteiger partial charge in [-0.15, -0.1) is 0 Å². The fraction of sp³-hybridized carbons (Fsp3) is 0.571. The largest absolute Gasteiger partial charge is 0.375 e. The van der Waals surface area contributed by atoms with Crippen LogP contribution in [-0.4, -0.2) is 27.2 Å². The first-order valence-corrected chi connectivity index (χ1v) is 8.15. The summed E-state index contributed by atoms with van der Waals surface area (Å²) in [5.41, 5.74) is 6.11. The highest BCUT2D eigenvalue weighted by Crippen LogP contribution is 2.15. The summed E-state index contributed by atoms with van der Waals surface area (Å²) in [5, 5.41) is 0. The molecule has 1 rings (SSSR count). The van der Waals surface area contributed by atoms with Gasteiger partial charge in [-0.1, -0.05) is 12.1 Å². The van der Waals surface area contributed by atoms with Crippen LogP contribution in [0, 0.1) is 0 Å². The zero-order valence-corrected chi connectivity index (χ0v) is 13.3. The highest BCUT2D eigenvalue weighted by molar-refractivity contribution is 7.89. The monoisotopic (exact) mass is 300 g/mol. The van der Waals surface area contributed by atoms with E-state index < -0.39 is 15.6 Å². The Morgan fingerprint density at radius 1 is 1.30 bits per heavy atom. The van der Waals surface area contributed by atoms with Crippen LogP contribution in [0.2, 0.25) is 0 Å². The Hall–Kier alpha value is -0.950. The summed E-state index contributed by atoms with van der Waals surface area (Å²) < 4.78 is 32.4. The predicted octanol–water partition coefficient (Wildman–Crippen LogP) is 1.80. The van der Waals surface area contributed by atoms with Crippen molar-refractivity contribution in [3.05, 3.63) is 29.8 Å². The Morgan fingerprint density at radius 3 is 2.30 bits per heavy atom. The molecule has 1 atom stereocenters. The maximum atomic E-state index is 12.2. The molecule has 0 bridgehead atoms. The van der Waals surface area contributed by atoms with Crippen molar-refractivity contribution in [1.29, 1.82) is 0 Å². The zero-order valence-electron chi connectivity index (χ0n) is 12.5. The van der Waals surface area contributed by atoms with E-state index >= 15 is 0 Å². The van der Waals surface area contributed by atoms with Crippen LogP contribution >= 0.6 is 0 Å². The Morgan fingerprint density at radius 2 is 1.85 bits per heavy atom. The minimum Gasteiger partial charge on any atom is -0.375 e. The SMILES string of the molecule is CCOC(C)(C)CNS(=O)(=O)c1ccc(C(C)N)cc1. The molecule has 1 aromatic rings. The second-order valence-corrected chi connectivity index (χ2v) is 7.14. The van der Waals surface area contributed by atoms with E-state index in [4.69, 9.17) is 10.5 Å². The van der Waals surface area contributed by atoms with E-state index in [-0.39, 0.29) is 17.5 Å². The first kappa shape index (κ1) is 17.1. The second kappa shape index (κ2) is 6.67. The molecule has 3 N–H and O–H groups in total. The molecule has 1 aromatic carbocycles. The van der Waals surface area contributed by atoms with Gasteiger partial charge >= 0.3 is 0 Å². The minimum absolute atomic E-state index is 0.114. The number of benzene rings is 1. The van der Waals surface area contributed by atoms with E-state index in [9.17, 15) is 8.42 Å². The van der Waals surface area contributed by atoms with Crippen molar-refractivity contribution in [2.24, 2.45) is 5.73 Å². The van der Waals surface area contributed by atoms with Gasteiger partial charge in [0.15, 0.2) is 0 Å². The van der Waals surface area contributed by atoms with Gasteiger partial charge in [0.1, 0.15) is 0 Å². The third-order valence-electron chi connectivity index (χ3n) is 2.94. The standard InChI is InChI=1S/C14H24N2O3S/c1-5-19-14(3,4)10-16-20(17,18)13-8-6-12(7-9-13)11(2)15/h6-9,11,16H,5,10,15H2,1-4H3. The van der Waals surface area contributed by atoms with Crippen LogP contribution < -0.4 is 10.5 Å². The Labute approximate surface area is 121 Å². The molecule has 0 aliphatic rings. The molecule has 0 radical (unpaired) electrons. The van der Waals surface area contributed by atoms with Crippen molar-refractivity contribution in [3.8, 4) is 0 Å². The molecule has 0 amide bonds. The Balaban J connectivity index is 2.79. The minimum atomic E-state index is -3.53. The molecule has 1 unspecified atom stereocenters. The zero-order chi connectivity index (χ0) is 15.4. The summed E-state index contributed by atoms with van der Waals surface area (Å²) >= 11 is 0. The van der Waals surface area contributed by atoms with E-state index in [0.717, 1.165) is 5.56 Å². The van der Waals surface area contributed by atoms with Gasteiger partial charge in [0, 0.05) is 19.2 Å². The predicted molar refractivity (Wildman–Crippen MR) is 79.9 cm³/mol. The van der Waals surface area contributed by atoms with Crippen molar-refractivity contribution in [3.63, 3.8) is 0 Å². The second-order valence-electron chi connectivity index (χ2n) is 5.37. The topological polar surface area (TPSA) is 81.4 Å². The molecule has 0 fully saturated rings. The van der Waals surface area contributed by atoms with E-state index in [1.165, 1.54) is 0 Å². The molecule has 114 valence electrons. The van der Waals surface area contributed by atoms with Crippen LogP contribution in [-0.2, 0) is 14.8 Å². The van der Waals surface area contributed by atoms with Crippen molar-refractivity contribution < 1.29 is 13.2 Å². The number of hydrogen-bond acceptors (Lipinski definition) is 4. The Kier molecular flexibility index (Phi) is 5.70. The van der Waals surface area contributed by atoms with E-state index in [0.29, 0.717) is 6.61 Å². The van der Waals surface area contributed by atoms with E-state index in [1.807, 2.05) is 27.7 Å². The van der Waals surface area contributed by atoms with Crippen molar-refractivity contribution in [2.75, 3.05) is 13.2 Å². The number of ether oxygens (including phenoxy) is 1. The molecular weight excluding hydrogens is 276 g/mol. The van der Waals surface area contributed by atoms with Gasteiger partial charge in [-0.2, -0.15) is 0 Å². The van der Waals surface area contributed by atoms with Crippen LogP contribution in [0.4, 0.5) is 0 Å². The molecule has 0 saturated carbocycles. The fourth-order valence-corrected chi connectivity index (χ4v) is 2.94. The third kappa shape index (κ3) is 4.86. The van der Waals surface area contributed by atoms with Gasteiger partial charge in [0.05, 0.1) is 10.5 Å². The maximum absolute atomic E-state index is 12.2. The van der Waals surface area contributed by atoms with Gasteiger partial charge in [0.2, 0.25) is 10.0 Å². The summed E-state index contributed by atoms with van der Waals surface area (Å²) in [7, 11) is -3.53. The van der Waals surface area contributed by atoms with Gasteiger partial charge < -0.3 is 10.5 Å². The van der Waals surface area contributed by atoms with Crippen LogP contribution in [0.25, 0.3) is 0 Å². The van der Waals surface area contributed by atoms with Crippen molar-refractivity contribution in [2.45, 2.75) is 44.2 Å². The molecule has 0 saturated heterocycles. The van der Waals surface area contributed by atoms with E-state index in [1.54, 1.807) is 24.3 Å².